The number of halogens is 1. The van der Waals surface area contributed by atoms with Gasteiger partial charge in [-0.3, -0.25) is 0 Å². The van der Waals surface area contributed by atoms with Crippen LogP contribution in [0.3, 0.4) is 0 Å². The molecule has 1 fully saturated rings. The number of likely N-dealkylation sites (tertiary alicyclic amines) is 1. The fourth-order valence-corrected chi connectivity index (χ4v) is 5.03. The van der Waals surface area contributed by atoms with Gasteiger partial charge in [-0.15, -0.1) is 0 Å². The van der Waals surface area contributed by atoms with Crippen LogP contribution in [0.25, 0.3) is 11.0 Å². The molecular weight excluding hydrogens is 486 g/mol. The first-order chi connectivity index (χ1) is 14.3. The zero-order valence-corrected chi connectivity index (χ0v) is 20.6. The first kappa shape index (κ1) is 23.5. The highest BCUT2D eigenvalue weighted by Crippen LogP contribution is 2.38. The third kappa shape index (κ3) is 4.42. The van der Waals surface area contributed by atoms with Crippen molar-refractivity contribution >= 4 is 43.3 Å². The maximum absolute atomic E-state index is 13.2. The van der Waals surface area contributed by atoms with Crippen LogP contribution in [0.4, 0.5) is 4.79 Å². The van der Waals surface area contributed by atoms with E-state index in [-0.39, 0.29) is 31.8 Å². The number of ether oxygens (including phenoxy) is 1. The summed E-state index contributed by atoms with van der Waals surface area (Å²) in [6.07, 6.45) is 0.0456. The highest BCUT2D eigenvalue weighted by Gasteiger charge is 2.44. The average Bonchev–Trinajstić information content (AvgIpc) is 3.06. The molecule has 9 nitrogen and oxygen atoms in total. The van der Waals surface area contributed by atoms with Gasteiger partial charge >= 0.3 is 16.3 Å². The third-order valence-corrected chi connectivity index (χ3v) is 7.43. The lowest BCUT2D eigenvalue weighted by Gasteiger charge is -2.37. The lowest BCUT2D eigenvalue weighted by atomic mass is 9.79. The summed E-state index contributed by atoms with van der Waals surface area (Å²) in [4.78, 5) is 18.6. The van der Waals surface area contributed by atoms with Gasteiger partial charge < -0.3 is 9.64 Å². The summed E-state index contributed by atoms with van der Waals surface area (Å²) < 4.78 is 34.8. The Kier molecular flexibility index (Phi) is 6.12. The van der Waals surface area contributed by atoms with Crippen LogP contribution in [-0.2, 0) is 20.4 Å². The van der Waals surface area contributed by atoms with Gasteiger partial charge in [0.05, 0.1) is 17.1 Å². The molecule has 0 bridgehead atoms. The molecule has 0 unspecified atom stereocenters. The van der Waals surface area contributed by atoms with Gasteiger partial charge in [-0.2, -0.15) is 18.0 Å². The van der Waals surface area contributed by atoms with Crippen LogP contribution in [0.1, 0.15) is 39.4 Å². The summed E-state index contributed by atoms with van der Waals surface area (Å²) in [5, 5.41) is 10.2. The Bertz CT molecular complexity index is 1150. The standard InChI is InChI=1S/C20H26BrN5O4S/c1-19(2,3)30-18(27)25-10-8-20(13-22,9-11-25)17-23-15-12-14(21)6-7-16(15)26(17)31(28,29)24(4)5/h6-7,12H,8-11H2,1-5H3. The number of aromatic nitrogens is 2. The van der Waals surface area contributed by atoms with Crippen LogP contribution >= 0.6 is 15.9 Å². The number of imidazole rings is 1. The largest absolute Gasteiger partial charge is 0.444 e. The van der Waals surface area contributed by atoms with E-state index in [2.05, 4.69) is 27.0 Å². The molecule has 0 saturated carbocycles. The molecule has 168 valence electrons. The smallest absolute Gasteiger partial charge is 0.410 e. The summed E-state index contributed by atoms with van der Waals surface area (Å²) in [6.45, 7) is 5.90. The van der Waals surface area contributed by atoms with E-state index in [4.69, 9.17) is 4.74 Å². The molecule has 0 spiro atoms. The van der Waals surface area contributed by atoms with Gasteiger partial charge in [0.15, 0.2) is 0 Å². The molecule has 11 heteroatoms. The van der Waals surface area contributed by atoms with E-state index in [0.717, 1.165) is 12.8 Å². The van der Waals surface area contributed by atoms with Crippen molar-refractivity contribution in [1.29, 1.82) is 5.26 Å². The zero-order chi connectivity index (χ0) is 23.2. The number of hydrogen-bond acceptors (Lipinski definition) is 6. The van der Waals surface area contributed by atoms with Crippen molar-refractivity contribution in [3.63, 3.8) is 0 Å². The summed E-state index contributed by atoms with van der Waals surface area (Å²) in [5.41, 5.74) is -0.912. The van der Waals surface area contributed by atoms with Crippen molar-refractivity contribution in [2.24, 2.45) is 0 Å². The minimum absolute atomic E-state index is 0.167. The van der Waals surface area contributed by atoms with Crippen LogP contribution in [0, 0.1) is 11.3 Å². The van der Waals surface area contributed by atoms with Crippen molar-refractivity contribution in [3.8, 4) is 6.07 Å². The fraction of sp³-hybridized carbons (Fsp3) is 0.550. The molecule has 1 aliphatic rings. The molecule has 0 N–H and O–H groups in total. The number of carbonyl (C=O) groups excluding carboxylic acids is 1. The number of rotatable bonds is 3. The quantitative estimate of drug-likeness (QED) is 0.625. The molecule has 3 rings (SSSR count). The number of benzene rings is 1. The molecule has 1 aromatic heterocycles. The fourth-order valence-electron chi connectivity index (χ4n) is 3.51. The zero-order valence-electron chi connectivity index (χ0n) is 18.2. The number of amides is 1. The van der Waals surface area contributed by atoms with Gasteiger partial charge in [-0.05, 0) is 51.8 Å². The minimum atomic E-state index is -3.94. The topological polar surface area (TPSA) is 109 Å². The van der Waals surface area contributed by atoms with Crippen molar-refractivity contribution < 1.29 is 17.9 Å². The monoisotopic (exact) mass is 511 g/mol. The molecule has 1 amide bonds. The van der Waals surface area contributed by atoms with Gasteiger partial charge in [-0.1, -0.05) is 15.9 Å². The van der Waals surface area contributed by atoms with Crippen LogP contribution in [0.2, 0.25) is 0 Å². The van der Waals surface area contributed by atoms with Gasteiger partial charge in [-0.25, -0.2) is 13.8 Å². The van der Waals surface area contributed by atoms with Crippen LogP contribution in [-0.4, -0.2) is 65.5 Å². The Morgan fingerprint density at radius 2 is 1.90 bits per heavy atom. The molecule has 2 heterocycles. The second-order valence-corrected chi connectivity index (χ2v) is 11.7. The number of nitriles is 1. The molecular formula is C20H26BrN5O4S. The number of piperidine rings is 1. The van der Waals surface area contributed by atoms with Crippen LogP contribution in [0.15, 0.2) is 22.7 Å². The Labute approximate surface area is 190 Å². The number of carbonyl (C=O) groups is 1. The van der Waals surface area contributed by atoms with E-state index >= 15 is 0 Å². The third-order valence-electron chi connectivity index (χ3n) is 5.18. The molecule has 1 aromatic carbocycles. The van der Waals surface area contributed by atoms with E-state index in [1.807, 2.05) is 0 Å². The van der Waals surface area contributed by atoms with Crippen molar-refractivity contribution in [2.75, 3.05) is 27.2 Å². The Morgan fingerprint density at radius 1 is 1.29 bits per heavy atom. The summed E-state index contributed by atoms with van der Waals surface area (Å²) in [5.74, 6) is 0.167. The maximum atomic E-state index is 13.2. The number of fused-ring (bicyclic) bond motifs is 1. The molecule has 0 aliphatic carbocycles. The van der Waals surface area contributed by atoms with E-state index < -0.39 is 27.3 Å². The maximum Gasteiger partial charge on any atom is 0.410 e. The Balaban J connectivity index is 2.06. The number of nitrogens with zero attached hydrogens (tertiary/aromatic N) is 5. The van der Waals surface area contributed by atoms with Crippen molar-refractivity contribution in [1.82, 2.24) is 18.2 Å². The summed E-state index contributed by atoms with van der Waals surface area (Å²) in [7, 11) is -1.06. The lowest BCUT2D eigenvalue weighted by molar-refractivity contribution is 0.0182. The second-order valence-electron chi connectivity index (χ2n) is 8.78. The minimum Gasteiger partial charge on any atom is -0.444 e. The van der Waals surface area contributed by atoms with Crippen LogP contribution < -0.4 is 0 Å². The number of hydrogen-bond donors (Lipinski definition) is 0. The van der Waals surface area contributed by atoms with Crippen molar-refractivity contribution in [3.05, 3.63) is 28.5 Å². The summed E-state index contributed by atoms with van der Waals surface area (Å²) >= 11 is 3.39. The normalized spacial score (nSPS) is 17.0. The highest BCUT2D eigenvalue weighted by atomic mass is 79.9. The average molecular weight is 512 g/mol. The summed E-state index contributed by atoms with van der Waals surface area (Å²) in [6, 6.07) is 7.44. The Hall–Kier alpha value is -2.16. The first-order valence-corrected chi connectivity index (χ1v) is 12.0. The van der Waals surface area contributed by atoms with E-state index in [9.17, 15) is 18.5 Å². The molecule has 0 radical (unpaired) electrons. The molecule has 0 atom stereocenters. The SMILES string of the molecule is CN(C)S(=O)(=O)n1c(C2(C#N)CCN(C(=O)OC(C)(C)C)CC2)nc2cc(Br)ccc21. The van der Waals surface area contributed by atoms with Gasteiger partial charge in [0.25, 0.3) is 0 Å². The van der Waals surface area contributed by atoms with Crippen LogP contribution in [0.5, 0.6) is 0 Å². The second kappa shape index (κ2) is 8.07. The van der Waals surface area contributed by atoms with Gasteiger partial charge in [0.1, 0.15) is 16.8 Å². The molecule has 31 heavy (non-hydrogen) atoms. The molecule has 1 saturated heterocycles. The van der Waals surface area contributed by atoms with E-state index in [0.29, 0.717) is 11.0 Å². The van der Waals surface area contributed by atoms with E-state index in [1.165, 1.54) is 14.1 Å². The van der Waals surface area contributed by atoms with Gasteiger partial charge in [0, 0.05) is 31.7 Å². The van der Waals surface area contributed by atoms with Crippen molar-refractivity contribution in [2.45, 2.75) is 44.6 Å². The molecule has 2 aromatic rings. The Morgan fingerprint density at radius 3 is 2.42 bits per heavy atom. The van der Waals surface area contributed by atoms with Gasteiger partial charge in [0.2, 0.25) is 0 Å². The van der Waals surface area contributed by atoms with E-state index in [1.54, 1.807) is 43.9 Å². The predicted octanol–water partition coefficient (Wildman–Crippen LogP) is 3.25. The lowest BCUT2D eigenvalue weighted by Crippen LogP contribution is -2.48. The highest BCUT2D eigenvalue weighted by molar-refractivity contribution is 9.10. The predicted molar refractivity (Wildman–Crippen MR) is 120 cm³/mol. The molecule has 1 aliphatic heterocycles. The first-order valence-electron chi connectivity index (χ1n) is 9.81.